The van der Waals surface area contributed by atoms with E-state index in [9.17, 15) is 14.4 Å². The monoisotopic (exact) mass is 622 g/mol. The van der Waals surface area contributed by atoms with Crippen molar-refractivity contribution in [1.82, 2.24) is 0 Å². The Balaban J connectivity index is 3.77. The summed E-state index contributed by atoms with van der Waals surface area (Å²) in [6, 6.07) is 0. The fourth-order valence-electron chi connectivity index (χ4n) is 4.68. The van der Waals surface area contributed by atoms with Gasteiger partial charge in [0.1, 0.15) is 5.78 Å². The number of rotatable bonds is 5. The first-order chi connectivity index (χ1) is 18.7. The SMILES string of the molecule is CC(=O)[C@@H]1C/C=C(/C)C/C=C\[C@@H](C)[C@H](O[Si](C)(C)C(C)(C)C)[C@@H](C)C(=O)C(C)(C)[C@@H](O[Si](C)(C)C(C)(C)C)CC(=O)O1. The van der Waals surface area contributed by atoms with Gasteiger partial charge < -0.3 is 13.6 Å². The van der Waals surface area contributed by atoms with Crippen LogP contribution in [0.25, 0.3) is 0 Å². The van der Waals surface area contributed by atoms with E-state index in [0.29, 0.717) is 12.8 Å². The van der Waals surface area contributed by atoms with Crippen LogP contribution in [0.1, 0.15) is 102 Å². The molecule has 1 rings (SSSR count). The normalized spacial score (nSPS) is 29.8. The Morgan fingerprint density at radius 2 is 1.45 bits per heavy atom. The number of Topliss-reactive ketones (excluding diaryl/α,β-unsaturated/α-hetero) is 2. The van der Waals surface area contributed by atoms with Gasteiger partial charge in [-0.3, -0.25) is 14.4 Å². The van der Waals surface area contributed by atoms with Gasteiger partial charge >= 0.3 is 5.97 Å². The molecular weight excluding hydrogens is 561 g/mol. The molecule has 0 aliphatic carbocycles. The number of cyclic esters (lactones) is 1. The Hall–Kier alpha value is -1.36. The van der Waals surface area contributed by atoms with Crippen molar-refractivity contribution in [2.45, 2.75) is 157 Å². The van der Waals surface area contributed by atoms with Crippen molar-refractivity contribution in [3.05, 3.63) is 23.8 Å². The summed E-state index contributed by atoms with van der Waals surface area (Å²) in [6.45, 7) is 33.1. The van der Waals surface area contributed by atoms with Crippen molar-refractivity contribution in [3.63, 3.8) is 0 Å². The molecule has 1 aliphatic rings. The molecule has 0 aromatic rings. The summed E-state index contributed by atoms with van der Waals surface area (Å²) in [4.78, 5) is 40.4. The van der Waals surface area contributed by atoms with Crippen LogP contribution in [0.5, 0.6) is 0 Å². The van der Waals surface area contributed by atoms with Crippen molar-refractivity contribution < 1.29 is 28.0 Å². The van der Waals surface area contributed by atoms with Gasteiger partial charge in [0.25, 0.3) is 0 Å². The van der Waals surface area contributed by atoms with Gasteiger partial charge in [-0.05, 0) is 62.5 Å². The zero-order chi connectivity index (χ0) is 33.1. The molecule has 0 aromatic carbocycles. The van der Waals surface area contributed by atoms with E-state index >= 15 is 0 Å². The van der Waals surface area contributed by atoms with Crippen LogP contribution in [0, 0.1) is 17.3 Å². The highest BCUT2D eigenvalue weighted by molar-refractivity contribution is 6.74. The summed E-state index contributed by atoms with van der Waals surface area (Å²) < 4.78 is 19.6. The van der Waals surface area contributed by atoms with Crippen LogP contribution in [-0.4, -0.2) is 52.5 Å². The number of allylic oxidation sites excluding steroid dienone is 2. The molecule has 8 heteroatoms. The average Bonchev–Trinajstić information content (AvgIpc) is 2.81. The van der Waals surface area contributed by atoms with Crippen molar-refractivity contribution in [3.8, 4) is 0 Å². The molecule has 242 valence electrons. The van der Waals surface area contributed by atoms with E-state index in [1.54, 1.807) is 0 Å². The van der Waals surface area contributed by atoms with E-state index in [-0.39, 0.29) is 40.1 Å². The Bertz CT molecular complexity index is 1030. The van der Waals surface area contributed by atoms with Gasteiger partial charge in [0, 0.05) is 17.8 Å². The lowest BCUT2D eigenvalue weighted by molar-refractivity contribution is -0.158. The van der Waals surface area contributed by atoms with E-state index in [4.69, 9.17) is 13.6 Å². The van der Waals surface area contributed by atoms with E-state index in [1.807, 2.05) is 33.8 Å². The van der Waals surface area contributed by atoms with E-state index in [1.165, 1.54) is 6.92 Å². The van der Waals surface area contributed by atoms with Crippen LogP contribution in [0.4, 0.5) is 0 Å². The van der Waals surface area contributed by atoms with E-state index in [0.717, 1.165) is 5.57 Å². The van der Waals surface area contributed by atoms with Crippen LogP contribution < -0.4 is 0 Å². The first-order valence-corrected chi connectivity index (χ1v) is 21.5. The van der Waals surface area contributed by atoms with Gasteiger partial charge in [0.2, 0.25) is 0 Å². The molecule has 0 spiro atoms. The Labute approximate surface area is 259 Å². The molecule has 0 unspecified atom stereocenters. The number of carbonyl (C=O) groups is 3. The molecule has 1 aliphatic heterocycles. The van der Waals surface area contributed by atoms with E-state index in [2.05, 4.69) is 86.8 Å². The number of ether oxygens (including phenoxy) is 1. The van der Waals surface area contributed by atoms with Gasteiger partial charge in [-0.25, -0.2) is 0 Å². The summed E-state index contributed by atoms with van der Waals surface area (Å²) in [5, 5.41) is -0.150. The molecule has 0 aromatic heterocycles. The molecule has 0 saturated heterocycles. The second kappa shape index (κ2) is 14.2. The number of esters is 1. The minimum atomic E-state index is -2.40. The second-order valence-electron chi connectivity index (χ2n) is 16.2. The maximum Gasteiger partial charge on any atom is 0.309 e. The minimum Gasteiger partial charge on any atom is -0.454 e. The lowest BCUT2D eigenvalue weighted by Crippen LogP contribution is -2.54. The minimum absolute atomic E-state index is 0.00857. The standard InChI is InChI=1S/C34H62O6Si2/c1-23-18-17-19-24(2)30(40-42(15,16)33(8,9)10)25(3)31(37)34(11,12)28(39-41(13,14)32(5,6)7)22-29(36)38-27(21-20-23)26(4)35/h17,19-20,24-25,27-28,30H,18,21-22H2,1-16H3/b19-17-,23-20-/t24-,25-,27+,28+,30+/m1/s1. The van der Waals surface area contributed by atoms with Crippen molar-refractivity contribution in [1.29, 1.82) is 0 Å². The fraction of sp³-hybridized carbons (Fsp3) is 0.794. The zero-order valence-electron chi connectivity index (χ0n) is 29.7. The molecule has 0 amide bonds. The molecule has 0 saturated carbocycles. The third-order valence-electron chi connectivity index (χ3n) is 9.98. The van der Waals surface area contributed by atoms with E-state index < -0.39 is 46.1 Å². The molecule has 0 N–H and O–H groups in total. The highest BCUT2D eigenvalue weighted by Crippen LogP contribution is 2.44. The molecule has 0 fully saturated rings. The predicted octanol–water partition coefficient (Wildman–Crippen LogP) is 8.82. The topological polar surface area (TPSA) is 78.9 Å². The van der Waals surface area contributed by atoms with Gasteiger partial charge in [-0.15, -0.1) is 0 Å². The van der Waals surface area contributed by atoms with Crippen LogP contribution in [0.15, 0.2) is 23.8 Å². The van der Waals surface area contributed by atoms with Gasteiger partial charge in [-0.1, -0.05) is 93.0 Å². The maximum absolute atomic E-state index is 14.6. The van der Waals surface area contributed by atoms with Gasteiger partial charge in [0.15, 0.2) is 28.5 Å². The second-order valence-corrected chi connectivity index (χ2v) is 25.7. The summed E-state index contributed by atoms with van der Waals surface area (Å²) in [5.74, 6) is -1.16. The Morgan fingerprint density at radius 3 is 1.93 bits per heavy atom. The Morgan fingerprint density at radius 1 is 0.952 bits per heavy atom. The maximum atomic E-state index is 14.6. The van der Waals surface area contributed by atoms with Crippen LogP contribution in [0.3, 0.4) is 0 Å². The predicted molar refractivity (Wildman–Crippen MR) is 179 cm³/mol. The molecule has 0 bridgehead atoms. The first-order valence-electron chi connectivity index (χ1n) is 15.7. The Kier molecular flexibility index (Phi) is 13.0. The molecule has 0 radical (unpaired) electrons. The van der Waals surface area contributed by atoms with Crippen molar-refractivity contribution in [2.24, 2.45) is 17.3 Å². The fourth-order valence-corrected chi connectivity index (χ4v) is 7.57. The molecule has 42 heavy (non-hydrogen) atoms. The highest BCUT2D eigenvalue weighted by Gasteiger charge is 2.50. The average molecular weight is 623 g/mol. The third-order valence-corrected chi connectivity index (χ3v) is 18.9. The summed E-state index contributed by atoms with van der Waals surface area (Å²) in [7, 11) is -4.62. The zero-order valence-corrected chi connectivity index (χ0v) is 31.7. The van der Waals surface area contributed by atoms with Crippen molar-refractivity contribution in [2.75, 3.05) is 0 Å². The summed E-state index contributed by atoms with van der Waals surface area (Å²) >= 11 is 0. The number of hydrogen-bond acceptors (Lipinski definition) is 6. The summed E-state index contributed by atoms with van der Waals surface area (Å²) in [5.41, 5.74) is 0.0743. The smallest absolute Gasteiger partial charge is 0.309 e. The highest BCUT2D eigenvalue weighted by atomic mass is 28.4. The number of ketones is 2. The van der Waals surface area contributed by atoms with Crippen molar-refractivity contribution >= 4 is 34.2 Å². The molecular formula is C34H62O6Si2. The molecule has 1 heterocycles. The molecule has 5 atom stereocenters. The first kappa shape index (κ1) is 38.7. The molecule has 6 nitrogen and oxygen atoms in total. The van der Waals surface area contributed by atoms with Crippen LogP contribution in [0.2, 0.25) is 36.3 Å². The lowest BCUT2D eigenvalue weighted by Gasteiger charge is -2.46. The third kappa shape index (κ3) is 10.1. The van der Waals surface area contributed by atoms with Gasteiger partial charge in [-0.2, -0.15) is 0 Å². The largest absolute Gasteiger partial charge is 0.454 e. The lowest BCUT2D eigenvalue weighted by atomic mass is 9.73. The number of carbonyl (C=O) groups excluding carboxylic acids is 3. The van der Waals surface area contributed by atoms with Crippen LogP contribution in [-0.2, 0) is 28.0 Å². The van der Waals surface area contributed by atoms with Crippen LogP contribution >= 0.6 is 0 Å². The van der Waals surface area contributed by atoms with Gasteiger partial charge in [0.05, 0.1) is 18.6 Å². The number of hydrogen-bond donors (Lipinski definition) is 0. The quantitative estimate of drug-likeness (QED) is 0.173. The summed E-state index contributed by atoms with van der Waals surface area (Å²) in [6.07, 6.45) is 5.27.